The van der Waals surface area contributed by atoms with Crippen LogP contribution in [0.2, 0.25) is 0 Å². The van der Waals surface area contributed by atoms with E-state index in [4.69, 9.17) is 44.1 Å². The number of benzene rings is 2. The van der Waals surface area contributed by atoms with E-state index in [9.17, 15) is 18.3 Å². The van der Waals surface area contributed by atoms with E-state index in [-0.39, 0.29) is 29.7 Å². The van der Waals surface area contributed by atoms with Gasteiger partial charge in [0.2, 0.25) is 5.82 Å². The fraction of sp³-hybridized carbons (Fsp3) is 0.310. The van der Waals surface area contributed by atoms with Crippen molar-refractivity contribution in [2.45, 2.75) is 47.6 Å². The van der Waals surface area contributed by atoms with Gasteiger partial charge in [0.25, 0.3) is 19.7 Å². The molecule has 4 rings (SSSR count). The molecule has 0 radical (unpaired) electrons. The molecule has 1 amide bonds. The highest BCUT2D eigenvalue weighted by Gasteiger charge is 2.31. The first-order valence-corrected chi connectivity index (χ1v) is 15.9. The van der Waals surface area contributed by atoms with Gasteiger partial charge in [-0.3, -0.25) is 9.71 Å². The largest absolute Gasteiger partial charge is 0.444 e. The Kier molecular flexibility index (Phi) is 10.4. The fourth-order valence-corrected chi connectivity index (χ4v) is 5.22. The first kappa shape index (κ1) is 33.5. The fourth-order valence-electron chi connectivity index (χ4n) is 3.93. The number of pyridine rings is 1. The predicted molar refractivity (Wildman–Crippen MR) is 167 cm³/mol. The zero-order chi connectivity index (χ0) is 32.1. The predicted octanol–water partition coefficient (Wildman–Crippen LogP) is 6.27. The van der Waals surface area contributed by atoms with Crippen LogP contribution in [0.15, 0.2) is 82.5 Å². The van der Waals surface area contributed by atoms with Gasteiger partial charge in [0.05, 0.1) is 17.5 Å². The molecule has 0 spiro atoms. The summed E-state index contributed by atoms with van der Waals surface area (Å²) in [6, 6.07) is 16.0. The number of nitrogens with one attached hydrogen (secondary N) is 1. The average molecular weight is 683 g/mol. The quantitative estimate of drug-likeness (QED) is 0.185. The van der Waals surface area contributed by atoms with E-state index in [1.807, 2.05) is 0 Å². The number of carbonyl (C=O) groups excluding carboxylic acids is 1. The number of nitrogens with zero attached hydrogens (tertiary/aromatic N) is 4. The maximum absolute atomic E-state index is 13.0. The lowest BCUT2D eigenvalue weighted by Crippen LogP contribution is -2.40. The smallest absolute Gasteiger partial charge is 0.410 e. The number of hydrogen-bond donors (Lipinski definition) is 2. The van der Waals surface area contributed by atoms with Crippen LogP contribution in [-0.4, -0.2) is 58.3 Å². The van der Waals surface area contributed by atoms with Crippen molar-refractivity contribution in [1.82, 2.24) is 20.0 Å². The van der Waals surface area contributed by atoms with Crippen LogP contribution in [0.25, 0.3) is 11.4 Å². The summed E-state index contributed by atoms with van der Waals surface area (Å²) in [5.74, 6) is -0.0742. The third-order valence-corrected chi connectivity index (χ3v) is 7.96. The Morgan fingerprint density at radius 3 is 2.32 bits per heavy atom. The summed E-state index contributed by atoms with van der Waals surface area (Å²) in [5, 5.41) is 14.4. The Balaban J connectivity index is 1.39. The van der Waals surface area contributed by atoms with Crippen molar-refractivity contribution in [2.75, 3.05) is 17.8 Å². The van der Waals surface area contributed by atoms with Crippen molar-refractivity contribution in [3.05, 3.63) is 90.1 Å². The van der Waals surface area contributed by atoms with E-state index in [0.29, 0.717) is 23.2 Å². The van der Waals surface area contributed by atoms with E-state index in [1.165, 1.54) is 29.2 Å². The molecule has 234 valence electrons. The second-order valence-corrected chi connectivity index (χ2v) is 14.7. The SMILES string of the molecule is CC(C)(C)OC(=O)N(CCc1ccc(NS(=O)(=O)c2ccc(-c3noc(C(Cl)(Cl)Cl)n3)cc2)cc1)CC(O)c1cccnc1. The first-order chi connectivity index (χ1) is 20.6. The lowest BCUT2D eigenvalue weighted by Gasteiger charge is -2.29. The van der Waals surface area contributed by atoms with Crippen molar-refractivity contribution in [3.63, 3.8) is 0 Å². The van der Waals surface area contributed by atoms with Gasteiger partial charge >= 0.3 is 6.09 Å². The van der Waals surface area contributed by atoms with Crippen molar-refractivity contribution in [1.29, 1.82) is 0 Å². The van der Waals surface area contributed by atoms with Crippen molar-refractivity contribution >= 4 is 56.6 Å². The lowest BCUT2D eigenvalue weighted by molar-refractivity contribution is 0.0146. The molecular formula is C29H30Cl3N5O6S. The van der Waals surface area contributed by atoms with Gasteiger partial charge in [0.15, 0.2) is 0 Å². The average Bonchev–Trinajstić information content (AvgIpc) is 3.47. The highest BCUT2D eigenvalue weighted by atomic mass is 35.6. The highest BCUT2D eigenvalue weighted by molar-refractivity contribution is 7.92. The lowest BCUT2D eigenvalue weighted by atomic mass is 10.1. The molecule has 2 aromatic heterocycles. The summed E-state index contributed by atoms with van der Waals surface area (Å²) < 4.78 is 37.1. The molecule has 4 aromatic rings. The minimum atomic E-state index is -3.92. The van der Waals surface area contributed by atoms with E-state index in [2.05, 4.69) is 19.8 Å². The van der Waals surface area contributed by atoms with Crippen LogP contribution in [0.1, 0.15) is 43.9 Å². The number of aromatic nitrogens is 3. The van der Waals surface area contributed by atoms with Crippen LogP contribution in [0.4, 0.5) is 10.5 Å². The number of hydrogen-bond acceptors (Lipinski definition) is 9. The maximum Gasteiger partial charge on any atom is 0.410 e. The number of aliphatic hydroxyl groups is 1. The molecule has 2 heterocycles. The molecule has 0 aliphatic heterocycles. The Bertz CT molecular complexity index is 1660. The molecule has 1 unspecified atom stereocenters. The zero-order valence-corrected chi connectivity index (χ0v) is 27.0. The number of alkyl halides is 3. The molecule has 0 aliphatic carbocycles. The van der Waals surface area contributed by atoms with Gasteiger partial charge in [0, 0.05) is 35.8 Å². The van der Waals surface area contributed by atoms with E-state index < -0.39 is 31.6 Å². The number of anilines is 1. The molecule has 1 atom stereocenters. The number of sulfonamides is 1. The molecule has 0 aliphatic rings. The first-order valence-electron chi connectivity index (χ1n) is 13.3. The Morgan fingerprint density at radius 1 is 1.07 bits per heavy atom. The number of carbonyl (C=O) groups is 1. The number of aliphatic hydroxyl groups excluding tert-OH is 1. The Labute approximate surface area is 270 Å². The molecule has 2 aromatic carbocycles. The number of amides is 1. The number of ether oxygens (including phenoxy) is 1. The van der Waals surface area contributed by atoms with Gasteiger partial charge in [-0.2, -0.15) is 4.98 Å². The van der Waals surface area contributed by atoms with Crippen molar-refractivity contribution in [2.24, 2.45) is 0 Å². The van der Waals surface area contributed by atoms with Crippen LogP contribution < -0.4 is 4.72 Å². The van der Waals surface area contributed by atoms with Gasteiger partial charge in [-0.05, 0) is 75.2 Å². The topological polar surface area (TPSA) is 148 Å². The second-order valence-electron chi connectivity index (χ2n) is 10.7. The molecule has 44 heavy (non-hydrogen) atoms. The molecular weight excluding hydrogens is 653 g/mol. The van der Waals surface area contributed by atoms with Gasteiger partial charge in [-0.15, -0.1) is 0 Å². The van der Waals surface area contributed by atoms with E-state index in [1.54, 1.807) is 69.6 Å². The number of halogens is 3. The van der Waals surface area contributed by atoms with Crippen LogP contribution in [-0.2, 0) is 25.0 Å². The summed E-state index contributed by atoms with van der Waals surface area (Å²) in [4.78, 5) is 22.4. The monoisotopic (exact) mass is 681 g/mol. The summed E-state index contributed by atoms with van der Waals surface area (Å²) >= 11 is 17.3. The van der Waals surface area contributed by atoms with Crippen LogP contribution in [0.3, 0.4) is 0 Å². The van der Waals surface area contributed by atoms with Gasteiger partial charge in [-0.25, -0.2) is 13.2 Å². The third-order valence-electron chi connectivity index (χ3n) is 6.08. The molecule has 15 heteroatoms. The van der Waals surface area contributed by atoms with Gasteiger partial charge in [-0.1, -0.05) is 58.2 Å². The third kappa shape index (κ3) is 9.29. The minimum Gasteiger partial charge on any atom is -0.444 e. The molecule has 0 fully saturated rings. The summed E-state index contributed by atoms with van der Waals surface area (Å²) in [5.41, 5.74) is 1.52. The molecule has 0 saturated carbocycles. The Hall–Kier alpha value is -3.42. The summed E-state index contributed by atoms with van der Waals surface area (Å²) in [6.07, 6.45) is 2.08. The zero-order valence-electron chi connectivity index (χ0n) is 23.9. The molecule has 0 saturated heterocycles. The standard InChI is InChI=1S/C29H30Cl3N5O6S/c1-28(2,3)42-27(39)37(18-24(38)21-5-4-15-33-17-21)16-14-19-6-10-22(11-7-19)36-44(40,41)23-12-8-20(9-13-23)25-34-26(43-35-25)29(30,31)32/h4-13,15,17,24,36,38H,14,16,18H2,1-3H3. The van der Waals surface area contributed by atoms with Crippen molar-refractivity contribution < 1.29 is 27.6 Å². The van der Waals surface area contributed by atoms with Gasteiger partial charge < -0.3 is 19.3 Å². The second kappa shape index (κ2) is 13.7. The molecule has 2 N–H and O–H groups in total. The van der Waals surface area contributed by atoms with Crippen LogP contribution in [0, 0.1) is 0 Å². The van der Waals surface area contributed by atoms with Gasteiger partial charge in [0.1, 0.15) is 5.60 Å². The molecule has 11 nitrogen and oxygen atoms in total. The van der Waals surface area contributed by atoms with Crippen LogP contribution in [0.5, 0.6) is 0 Å². The highest BCUT2D eigenvalue weighted by Crippen LogP contribution is 2.37. The minimum absolute atomic E-state index is 0.00981. The van der Waals surface area contributed by atoms with Crippen molar-refractivity contribution in [3.8, 4) is 11.4 Å². The summed E-state index contributed by atoms with van der Waals surface area (Å²) in [6.45, 7) is 5.58. The number of rotatable bonds is 10. The maximum atomic E-state index is 13.0. The molecule has 0 bridgehead atoms. The Morgan fingerprint density at radius 2 is 1.75 bits per heavy atom. The van der Waals surface area contributed by atoms with Crippen LogP contribution >= 0.6 is 34.8 Å². The summed E-state index contributed by atoms with van der Waals surface area (Å²) in [7, 11) is -3.92. The van der Waals surface area contributed by atoms with E-state index >= 15 is 0 Å². The van der Waals surface area contributed by atoms with E-state index in [0.717, 1.165) is 5.56 Å². The normalized spacial score (nSPS) is 12.9.